The zero-order valence-corrected chi connectivity index (χ0v) is 16.2. The fraction of sp³-hybridized carbons (Fsp3) is 0.500. The minimum atomic E-state index is -0.487. The Morgan fingerprint density at radius 2 is 2.04 bits per heavy atom. The van der Waals surface area contributed by atoms with Crippen LogP contribution in [0.4, 0.5) is 0 Å². The van der Waals surface area contributed by atoms with Crippen LogP contribution in [0.3, 0.4) is 0 Å². The number of esters is 1. The number of aryl methyl sites for hydroxylation is 1. The number of aromatic nitrogens is 2. The molecule has 2 heterocycles. The summed E-state index contributed by atoms with van der Waals surface area (Å²) in [7, 11) is 1.60. The number of hydrogen-bond donors (Lipinski definition) is 0. The predicted molar refractivity (Wildman–Crippen MR) is 101 cm³/mol. The van der Waals surface area contributed by atoms with Crippen LogP contribution in [0, 0.1) is 0 Å². The highest BCUT2D eigenvalue weighted by Crippen LogP contribution is 2.22. The van der Waals surface area contributed by atoms with E-state index in [4.69, 9.17) is 14.0 Å². The molecule has 1 aromatic heterocycles. The number of benzene rings is 1. The number of ether oxygens (including phenoxy) is 2. The number of hydrogen-bond acceptors (Lipinski definition) is 7. The minimum Gasteiger partial charge on any atom is -0.497 e. The normalized spacial score (nSPS) is 16.6. The molecule has 1 saturated heterocycles. The highest BCUT2D eigenvalue weighted by Gasteiger charge is 2.33. The number of piperidine rings is 1. The van der Waals surface area contributed by atoms with Gasteiger partial charge in [-0.05, 0) is 50.5 Å². The van der Waals surface area contributed by atoms with Crippen molar-refractivity contribution in [2.24, 2.45) is 0 Å². The molecule has 1 aliphatic heterocycles. The first-order valence-corrected chi connectivity index (χ1v) is 9.55. The summed E-state index contributed by atoms with van der Waals surface area (Å²) in [5.41, 5.74) is 0.806. The lowest BCUT2D eigenvalue weighted by Gasteiger charge is -2.34. The molecular formula is C20H25N3O5. The molecule has 0 saturated carbocycles. The van der Waals surface area contributed by atoms with Gasteiger partial charge >= 0.3 is 5.97 Å². The number of rotatable bonds is 7. The average molecular weight is 387 g/mol. The molecule has 8 nitrogen and oxygen atoms in total. The van der Waals surface area contributed by atoms with Crippen molar-refractivity contribution >= 4 is 11.9 Å². The third-order valence-corrected chi connectivity index (χ3v) is 4.75. The van der Waals surface area contributed by atoms with E-state index in [0.29, 0.717) is 37.7 Å². The van der Waals surface area contributed by atoms with E-state index >= 15 is 0 Å². The molecule has 1 unspecified atom stereocenters. The highest BCUT2D eigenvalue weighted by molar-refractivity contribution is 5.84. The van der Waals surface area contributed by atoms with E-state index in [-0.39, 0.29) is 18.3 Å². The summed E-state index contributed by atoms with van der Waals surface area (Å²) < 4.78 is 15.5. The van der Waals surface area contributed by atoms with Gasteiger partial charge in [0.15, 0.2) is 0 Å². The van der Waals surface area contributed by atoms with Crippen molar-refractivity contribution in [2.45, 2.75) is 45.1 Å². The van der Waals surface area contributed by atoms with Crippen LogP contribution in [0.1, 0.15) is 38.5 Å². The van der Waals surface area contributed by atoms with Gasteiger partial charge in [0.2, 0.25) is 17.6 Å². The SMILES string of the molecule is CCOC(=O)C1CCCCN1C(=O)CCc1nc(-c2ccc(OC)cc2)no1. The van der Waals surface area contributed by atoms with Gasteiger partial charge in [0.25, 0.3) is 0 Å². The third-order valence-electron chi connectivity index (χ3n) is 4.75. The lowest BCUT2D eigenvalue weighted by atomic mass is 10.0. The second-order valence-electron chi connectivity index (χ2n) is 6.59. The quantitative estimate of drug-likeness (QED) is 0.674. The Morgan fingerprint density at radius 3 is 2.75 bits per heavy atom. The van der Waals surface area contributed by atoms with E-state index in [1.54, 1.807) is 18.9 Å². The zero-order valence-electron chi connectivity index (χ0n) is 16.2. The van der Waals surface area contributed by atoms with Crippen LogP contribution in [0.2, 0.25) is 0 Å². The van der Waals surface area contributed by atoms with E-state index in [0.717, 1.165) is 24.2 Å². The molecule has 0 spiro atoms. The Hall–Kier alpha value is -2.90. The Kier molecular flexibility index (Phi) is 6.62. The molecule has 1 fully saturated rings. The van der Waals surface area contributed by atoms with Crippen LogP contribution in [0.5, 0.6) is 5.75 Å². The second-order valence-corrected chi connectivity index (χ2v) is 6.59. The lowest BCUT2D eigenvalue weighted by molar-refractivity contribution is -0.156. The van der Waals surface area contributed by atoms with Crippen LogP contribution < -0.4 is 4.74 Å². The Bertz CT molecular complexity index is 802. The van der Waals surface area contributed by atoms with E-state index in [1.807, 2.05) is 24.3 Å². The van der Waals surface area contributed by atoms with Crippen molar-refractivity contribution in [3.05, 3.63) is 30.2 Å². The number of amides is 1. The lowest BCUT2D eigenvalue weighted by Crippen LogP contribution is -2.48. The summed E-state index contributed by atoms with van der Waals surface area (Å²) >= 11 is 0. The smallest absolute Gasteiger partial charge is 0.328 e. The molecular weight excluding hydrogens is 362 g/mol. The van der Waals surface area contributed by atoms with Gasteiger partial charge in [0, 0.05) is 24.9 Å². The first-order valence-electron chi connectivity index (χ1n) is 9.55. The number of nitrogens with zero attached hydrogens (tertiary/aromatic N) is 3. The molecule has 0 aliphatic carbocycles. The minimum absolute atomic E-state index is 0.0954. The van der Waals surface area contributed by atoms with Gasteiger partial charge in [-0.15, -0.1) is 0 Å². The maximum atomic E-state index is 12.7. The molecule has 1 atom stereocenters. The summed E-state index contributed by atoms with van der Waals surface area (Å²) in [6.45, 7) is 2.65. The molecule has 1 aromatic carbocycles. The van der Waals surface area contributed by atoms with Crippen molar-refractivity contribution in [2.75, 3.05) is 20.3 Å². The summed E-state index contributed by atoms with van der Waals surface area (Å²) in [6, 6.07) is 6.84. The third kappa shape index (κ3) is 4.68. The van der Waals surface area contributed by atoms with Gasteiger partial charge in [0.1, 0.15) is 11.8 Å². The van der Waals surface area contributed by atoms with E-state index in [1.165, 1.54) is 0 Å². The predicted octanol–water partition coefficient (Wildman–Crippen LogP) is 2.62. The standard InChI is InChI=1S/C20H25N3O5/c1-3-27-20(25)16-6-4-5-13-23(16)18(24)12-11-17-21-19(22-28-17)14-7-9-15(26-2)10-8-14/h7-10,16H,3-6,11-13H2,1-2H3. The molecule has 0 radical (unpaired) electrons. The average Bonchev–Trinajstić information content (AvgIpc) is 3.21. The second kappa shape index (κ2) is 9.34. The summed E-state index contributed by atoms with van der Waals surface area (Å²) in [5, 5.41) is 3.97. The topological polar surface area (TPSA) is 94.8 Å². The summed E-state index contributed by atoms with van der Waals surface area (Å²) in [6.07, 6.45) is 2.99. The van der Waals surface area contributed by atoms with Gasteiger partial charge in [-0.3, -0.25) is 4.79 Å². The fourth-order valence-electron chi connectivity index (χ4n) is 3.28. The van der Waals surface area contributed by atoms with Gasteiger partial charge in [-0.2, -0.15) is 4.98 Å². The van der Waals surface area contributed by atoms with Crippen molar-refractivity contribution in [3.8, 4) is 17.1 Å². The molecule has 8 heteroatoms. The van der Waals surface area contributed by atoms with Crippen LogP contribution in [0.25, 0.3) is 11.4 Å². The van der Waals surface area contributed by atoms with Gasteiger partial charge < -0.3 is 18.9 Å². The van der Waals surface area contributed by atoms with Crippen molar-refractivity contribution in [1.82, 2.24) is 15.0 Å². The van der Waals surface area contributed by atoms with E-state index in [9.17, 15) is 9.59 Å². The largest absolute Gasteiger partial charge is 0.497 e. The molecule has 1 amide bonds. The molecule has 150 valence electrons. The number of carbonyl (C=O) groups is 2. The monoisotopic (exact) mass is 387 g/mol. The van der Waals surface area contributed by atoms with Crippen LogP contribution >= 0.6 is 0 Å². The summed E-state index contributed by atoms with van der Waals surface area (Å²) in [4.78, 5) is 30.8. The van der Waals surface area contributed by atoms with Crippen molar-refractivity contribution < 1.29 is 23.6 Å². The maximum Gasteiger partial charge on any atom is 0.328 e. The molecule has 0 N–H and O–H groups in total. The van der Waals surface area contributed by atoms with Gasteiger partial charge in [0.05, 0.1) is 13.7 Å². The van der Waals surface area contributed by atoms with Gasteiger partial charge in [-0.25, -0.2) is 4.79 Å². The Morgan fingerprint density at radius 1 is 1.25 bits per heavy atom. The number of methoxy groups -OCH3 is 1. The van der Waals surface area contributed by atoms with Crippen molar-refractivity contribution in [3.63, 3.8) is 0 Å². The molecule has 28 heavy (non-hydrogen) atoms. The van der Waals surface area contributed by atoms with Crippen LogP contribution in [0.15, 0.2) is 28.8 Å². The van der Waals surface area contributed by atoms with Crippen LogP contribution in [-0.4, -0.2) is 53.2 Å². The molecule has 0 bridgehead atoms. The maximum absolute atomic E-state index is 12.7. The summed E-state index contributed by atoms with van der Waals surface area (Å²) in [5.74, 6) is 1.18. The van der Waals surface area contributed by atoms with E-state index in [2.05, 4.69) is 10.1 Å². The fourth-order valence-corrected chi connectivity index (χ4v) is 3.28. The number of carbonyl (C=O) groups excluding carboxylic acids is 2. The van der Waals surface area contributed by atoms with Gasteiger partial charge in [-0.1, -0.05) is 5.16 Å². The highest BCUT2D eigenvalue weighted by atomic mass is 16.5. The molecule has 1 aliphatic rings. The Labute approximate surface area is 163 Å². The zero-order chi connectivity index (χ0) is 19.9. The van der Waals surface area contributed by atoms with E-state index < -0.39 is 6.04 Å². The first-order chi connectivity index (χ1) is 13.6. The Balaban J connectivity index is 1.59. The molecule has 2 aromatic rings. The number of likely N-dealkylation sites (tertiary alicyclic amines) is 1. The first kappa shape index (κ1) is 19.9. The van der Waals surface area contributed by atoms with Crippen LogP contribution in [-0.2, 0) is 20.7 Å². The van der Waals surface area contributed by atoms with Crippen molar-refractivity contribution in [1.29, 1.82) is 0 Å². The molecule has 3 rings (SSSR count).